The number of nitrogens with one attached hydrogen (secondary N) is 1. The molecule has 180 valence electrons. The zero-order valence-electron chi connectivity index (χ0n) is 18.9. The summed E-state index contributed by atoms with van der Waals surface area (Å²) < 4.78 is 35.4. The molecule has 35 heavy (non-hydrogen) atoms. The minimum Gasteiger partial charge on any atom is -0.378 e. The Morgan fingerprint density at radius 3 is 2.54 bits per heavy atom. The van der Waals surface area contributed by atoms with Crippen LogP contribution in [0, 0.1) is 0 Å². The Balaban J connectivity index is 1.54. The average Bonchev–Trinajstić information content (AvgIpc) is 3.25. The summed E-state index contributed by atoms with van der Waals surface area (Å²) in [6, 6.07) is 12.5. The quantitative estimate of drug-likeness (QED) is 0.434. The summed E-state index contributed by atoms with van der Waals surface area (Å²) in [6.45, 7) is 2.89. The number of halogens is 2. The molecule has 3 heterocycles. The summed E-state index contributed by atoms with van der Waals surface area (Å²) in [6.07, 6.45) is -1.36. The van der Waals surface area contributed by atoms with E-state index in [1.165, 1.54) is 0 Å². The van der Waals surface area contributed by atoms with Crippen molar-refractivity contribution >= 4 is 34.1 Å². The topological polar surface area (TPSA) is 111 Å². The lowest BCUT2D eigenvalue weighted by atomic mass is 10.1. The van der Waals surface area contributed by atoms with Crippen LogP contribution in [0.1, 0.15) is 22.6 Å². The number of amides is 1. The Bertz CT molecular complexity index is 1380. The van der Waals surface area contributed by atoms with Crippen molar-refractivity contribution < 1.29 is 18.3 Å². The van der Waals surface area contributed by atoms with Crippen molar-refractivity contribution in [3.05, 3.63) is 60.2 Å². The van der Waals surface area contributed by atoms with Crippen LogP contribution in [0.5, 0.6) is 0 Å². The van der Waals surface area contributed by atoms with E-state index in [1.807, 2.05) is 18.2 Å². The molecule has 1 aliphatic heterocycles. The number of rotatable bonds is 6. The fourth-order valence-corrected chi connectivity index (χ4v) is 4.12. The van der Waals surface area contributed by atoms with E-state index < -0.39 is 18.0 Å². The van der Waals surface area contributed by atoms with Crippen LogP contribution in [0.15, 0.2) is 48.8 Å². The maximum atomic E-state index is 14.1. The van der Waals surface area contributed by atoms with Crippen LogP contribution >= 0.6 is 0 Å². The molecule has 5 rings (SSSR count). The highest BCUT2D eigenvalue weighted by Crippen LogP contribution is 2.34. The lowest BCUT2D eigenvalue weighted by Crippen LogP contribution is -2.36. The number of primary amides is 1. The molecule has 3 N–H and O–H groups in total. The predicted octanol–water partition coefficient (Wildman–Crippen LogP) is 3.65. The number of alkyl halides is 2. The maximum Gasteiger partial charge on any atom is 0.282 e. The first-order valence-corrected chi connectivity index (χ1v) is 11.0. The number of carbonyl (C=O) groups excluding carboxylic acids is 1. The number of aryl methyl sites for hydroxylation is 1. The standard InChI is InChI=1S/C24H23F2N7O2/c1-32-13-28-18-16(3-2-4-17(18)32)19-20(22(25)26)31-24(21(30-19)23(27)34)29-14-5-7-15(8-6-14)33-9-11-35-12-10-33/h2-8,13,22H,9-12H2,1H3,(H2,27,34)(H,29,31). The van der Waals surface area contributed by atoms with Gasteiger partial charge in [0.15, 0.2) is 11.5 Å². The fraction of sp³-hybridized carbons (Fsp3) is 0.250. The van der Waals surface area contributed by atoms with Crippen LogP contribution in [0.25, 0.3) is 22.3 Å². The first-order valence-electron chi connectivity index (χ1n) is 11.0. The van der Waals surface area contributed by atoms with E-state index in [4.69, 9.17) is 10.5 Å². The number of morpholine rings is 1. The van der Waals surface area contributed by atoms with Gasteiger partial charge in [-0.25, -0.2) is 23.7 Å². The van der Waals surface area contributed by atoms with Gasteiger partial charge in [-0.15, -0.1) is 0 Å². The van der Waals surface area contributed by atoms with Crippen LogP contribution in [0.4, 0.5) is 26.0 Å². The Morgan fingerprint density at radius 1 is 1.11 bits per heavy atom. The average molecular weight is 479 g/mol. The second-order valence-electron chi connectivity index (χ2n) is 8.12. The van der Waals surface area contributed by atoms with Crippen LogP contribution in [-0.2, 0) is 11.8 Å². The van der Waals surface area contributed by atoms with Crippen LogP contribution in [-0.4, -0.2) is 51.7 Å². The molecule has 0 radical (unpaired) electrons. The molecule has 1 fully saturated rings. The largest absolute Gasteiger partial charge is 0.378 e. The van der Waals surface area contributed by atoms with E-state index in [9.17, 15) is 13.6 Å². The molecule has 0 unspecified atom stereocenters. The highest BCUT2D eigenvalue weighted by molar-refractivity contribution is 5.98. The number of imidazole rings is 1. The molecule has 1 aliphatic rings. The Morgan fingerprint density at radius 2 is 1.86 bits per heavy atom. The third-order valence-electron chi connectivity index (χ3n) is 5.88. The molecule has 2 aromatic heterocycles. The Hall–Kier alpha value is -4.12. The molecule has 0 spiro atoms. The SMILES string of the molecule is Cn1cnc2c(-c3nc(C(N)=O)c(Nc4ccc(N5CCOCC5)cc4)nc3C(F)F)cccc21. The molecule has 1 saturated heterocycles. The molecular formula is C24H23F2N7O2. The van der Waals surface area contributed by atoms with Crippen molar-refractivity contribution in [1.29, 1.82) is 0 Å². The number of hydrogen-bond acceptors (Lipinski definition) is 7. The highest BCUT2D eigenvalue weighted by Gasteiger charge is 2.25. The number of aromatic nitrogens is 4. The van der Waals surface area contributed by atoms with E-state index in [-0.39, 0.29) is 17.2 Å². The highest BCUT2D eigenvalue weighted by atomic mass is 19.3. The predicted molar refractivity (Wildman–Crippen MR) is 128 cm³/mol. The summed E-state index contributed by atoms with van der Waals surface area (Å²) in [5.74, 6) is -1.02. The smallest absolute Gasteiger partial charge is 0.282 e. The zero-order valence-corrected chi connectivity index (χ0v) is 18.9. The van der Waals surface area contributed by atoms with Crippen molar-refractivity contribution in [3.8, 4) is 11.3 Å². The normalized spacial score (nSPS) is 14.0. The molecule has 11 heteroatoms. The van der Waals surface area contributed by atoms with Crippen molar-refractivity contribution in [2.45, 2.75) is 6.43 Å². The van der Waals surface area contributed by atoms with Crippen molar-refractivity contribution in [2.24, 2.45) is 12.8 Å². The van der Waals surface area contributed by atoms with Crippen molar-refractivity contribution in [1.82, 2.24) is 19.5 Å². The summed E-state index contributed by atoms with van der Waals surface area (Å²) in [5.41, 5.74) is 7.74. The summed E-state index contributed by atoms with van der Waals surface area (Å²) in [7, 11) is 1.80. The lowest BCUT2D eigenvalue weighted by Gasteiger charge is -2.29. The number of benzene rings is 2. The van der Waals surface area contributed by atoms with Crippen LogP contribution in [0.3, 0.4) is 0 Å². The molecule has 4 aromatic rings. The van der Waals surface area contributed by atoms with Gasteiger partial charge in [0.05, 0.1) is 30.6 Å². The van der Waals surface area contributed by atoms with Crippen LogP contribution in [0.2, 0.25) is 0 Å². The molecule has 0 aliphatic carbocycles. The number of ether oxygens (including phenoxy) is 1. The van der Waals surface area contributed by atoms with Gasteiger partial charge in [-0.1, -0.05) is 12.1 Å². The molecule has 0 saturated carbocycles. The van der Waals surface area contributed by atoms with E-state index >= 15 is 0 Å². The minimum absolute atomic E-state index is 0.133. The summed E-state index contributed by atoms with van der Waals surface area (Å²) >= 11 is 0. The second kappa shape index (κ2) is 9.26. The van der Waals surface area contributed by atoms with Gasteiger partial charge in [0.2, 0.25) is 0 Å². The number of carbonyl (C=O) groups is 1. The van der Waals surface area contributed by atoms with Crippen molar-refractivity contribution in [3.63, 3.8) is 0 Å². The first kappa shape index (κ1) is 22.7. The van der Waals surface area contributed by atoms with Crippen molar-refractivity contribution in [2.75, 3.05) is 36.5 Å². The molecule has 0 bridgehead atoms. The van der Waals surface area contributed by atoms with E-state index in [2.05, 4.69) is 25.2 Å². The Kier molecular flexibility index (Phi) is 6.00. The van der Waals surface area contributed by atoms with Crippen LogP contribution < -0.4 is 16.0 Å². The minimum atomic E-state index is -2.94. The molecular weight excluding hydrogens is 456 g/mol. The number of nitrogens with two attached hydrogens (primary N) is 1. The molecule has 1 amide bonds. The molecule has 9 nitrogen and oxygen atoms in total. The van der Waals surface area contributed by atoms with Gasteiger partial charge >= 0.3 is 0 Å². The molecule has 2 aromatic carbocycles. The van der Waals surface area contributed by atoms with Gasteiger partial charge in [-0.05, 0) is 30.3 Å². The number of nitrogens with zero attached hydrogens (tertiary/aromatic N) is 5. The van der Waals surface area contributed by atoms with Gasteiger partial charge in [0.25, 0.3) is 12.3 Å². The number of anilines is 3. The van der Waals surface area contributed by atoms with Gasteiger partial charge in [-0.2, -0.15) is 0 Å². The fourth-order valence-electron chi connectivity index (χ4n) is 4.12. The number of fused-ring (bicyclic) bond motifs is 1. The van der Waals surface area contributed by atoms with E-state index in [1.54, 1.807) is 42.2 Å². The second-order valence-corrected chi connectivity index (χ2v) is 8.12. The first-order chi connectivity index (χ1) is 16.9. The Labute approximate surface area is 199 Å². The number of hydrogen-bond donors (Lipinski definition) is 2. The van der Waals surface area contributed by atoms with Gasteiger partial charge in [-0.3, -0.25) is 4.79 Å². The third-order valence-corrected chi connectivity index (χ3v) is 5.88. The summed E-state index contributed by atoms with van der Waals surface area (Å²) in [5, 5.41) is 2.93. The molecule has 0 atom stereocenters. The third kappa shape index (κ3) is 4.37. The monoisotopic (exact) mass is 479 g/mol. The number of para-hydroxylation sites is 1. The van der Waals surface area contributed by atoms with E-state index in [0.717, 1.165) is 24.3 Å². The maximum absolute atomic E-state index is 14.1. The van der Waals surface area contributed by atoms with Gasteiger partial charge < -0.3 is 25.3 Å². The van der Waals surface area contributed by atoms with E-state index in [0.29, 0.717) is 30.0 Å². The van der Waals surface area contributed by atoms with Gasteiger partial charge in [0, 0.05) is 37.1 Å². The van der Waals surface area contributed by atoms with Gasteiger partial charge in [0.1, 0.15) is 11.4 Å². The lowest BCUT2D eigenvalue weighted by molar-refractivity contribution is 0.0995. The summed E-state index contributed by atoms with van der Waals surface area (Å²) in [4.78, 5) is 27.1. The zero-order chi connectivity index (χ0) is 24.5.